The third-order valence-electron chi connectivity index (χ3n) is 8.23. The van der Waals surface area contributed by atoms with E-state index in [9.17, 15) is 4.79 Å². The maximum atomic E-state index is 13.1. The summed E-state index contributed by atoms with van der Waals surface area (Å²) in [5, 5.41) is 14.9. The van der Waals surface area contributed by atoms with E-state index in [1.807, 2.05) is 60.1 Å². The summed E-state index contributed by atoms with van der Waals surface area (Å²) in [6, 6.07) is 20.0. The standard InChI is InChI=1S/C31H43N7O4/c1-23-18-25(35-38(23)26-8-6-5-7-9-26)19-28(39)34-22-36-16-14-32-21-29(36)37-17-15-33-30(41-3)31(37,42-4)20-24-10-12-27(40-2)13-11-24/h5-13,18,29-30,32-33H,14-17,19-22H2,1-4H3,(H,34,39). The molecule has 2 saturated heterocycles. The lowest BCUT2D eigenvalue weighted by Gasteiger charge is -2.56. The van der Waals surface area contributed by atoms with Crippen molar-refractivity contribution in [3.8, 4) is 11.4 Å². The Morgan fingerprint density at radius 1 is 1.07 bits per heavy atom. The molecule has 2 fully saturated rings. The Labute approximate surface area is 248 Å². The molecule has 5 rings (SSSR count). The van der Waals surface area contributed by atoms with Crippen LogP contribution in [0.2, 0.25) is 0 Å². The fourth-order valence-electron chi connectivity index (χ4n) is 6.11. The van der Waals surface area contributed by atoms with E-state index >= 15 is 0 Å². The molecule has 2 aliphatic rings. The molecule has 3 unspecified atom stereocenters. The predicted molar refractivity (Wildman–Crippen MR) is 160 cm³/mol. The molecule has 3 atom stereocenters. The minimum absolute atomic E-state index is 0.0171. The van der Waals surface area contributed by atoms with Crippen LogP contribution < -0.4 is 20.7 Å². The van der Waals surface area contributed by atoms with Crippen molar-refractivity contribution in [1.82, 2.24) is 35.5 Å². The number of carbonyl (C=O) groups excluding carboxylic acids is 1. The molecule has 0 saturated carbocycles. The summed E-state index contributed by atoms with van der Waals surface area (Å²) in [6.45, 7) is 6.31. The van der Waals surface area contributed by atoms with Crippen LogP contribution in [0, 0.1) is 6.92 Å². The number of benzene rings is 2. The smallest absolute Gasteiger partial charge is 0.227 e. The highest BCUT2D eigenvalue weighted by Crippen LogP contribution is 2.33. The zero-order chi connectivity index (χ0) is 29.5. The Morgan fingerprint density at radius 3 is 2.57 bits per heavy atom. The molecular formula is C31H43N7O4. The summed E-state index contributed by atoms with van der Waals surface area (Å²) in [4.78, 5) is 17.8. The number of nitrogens with one attached hydrogen (secondary N) is 3. The Balaban J connectivity index is 1.29. The first-order valence-corrected chi connectivity index (χ1v) is 14.5. The monoisotopic (exact) mass is 577 g/mol. The maximum absolute atomic E-state index is 13.1. The van der Waals surface area contributed by atoms with Crippen molar-refractivity contribution in [2.45, 2.75) is 37.9 Å². The first-order valence-electron chi connectivity index (χ1n) is 14.5. The van der Waals surface area contributed by atoms with E-state index in [-0.39, 0.29) is 24.7 Å². The van der Waals surface area contributed by atoms with Gasteiger partial charge in [-0.25, -0.2) is 4.68 Å². The van der Waals surface area contributed by atoms with Crippen LogP contribution in [-0.2, 0) is 27.1 Å². The summed E-state index contributed by atoms with van der Waals surface area (Å²) >= 11 is 0. The number of aromatic nitrogens is 2. The summed E-state index contributed by atoms with van der Waals surface area (Å²) in [5.41, 5.74) is 3.06. The molecule has 3 heterocycles. The van der Waals surface area contributed by atoms with Crippen LogP contribution in [0.4, 0.5) is 0 Å². The molecule has 1 amide bonds. The number of nitrogens with zero attached hydrogens (tertiary/aromatic N) is 4. The van der Waals surface area contributed by atoms with Crippen LogP contribution in [0.15, 0.2) is 60.7 Å². The molecule has 11 heteroatoms. The number of aryl methyl sites for hydroxylation is 1. The van der Waals surface area contributed by atoms with Crippen molar-refractivity contribution in [3.05, 3.63) is 77.6 Å². The molecule has 226 valence electrons. The molecule has 3 N–H and O–H groups in total. The number of rotatable bonds is 11. The minimum Gasteiger partial charge on any atom is -0.497 e. The number of carbonyl (C=O) groups is 1. The molecule has 11 nitrogen and oxygen atoms in total. The van der Waals surface area contributed by atoms with E-state index in [0.29, 0.717) is 13.1 Å². The second kappa shape index (κ2) is 13.8. The number of ether oxygens (including phenoxy) is 3. The SMILES string of the molecule is COc1ccc(CC2(OC)C(OC)NCCN2C2CNCCN2CNC(=O)Cc2cc(C)n(-c3ccccc3)n2)cc1. The zero-order valence-electron chi connectivity index (χ0n) is 25.0. The van der Waals surface area contributed by atoms with E-state index < -0.39 is 5.72 Å². The lowest BCUT2D eigenvalue weighted by molar-refractivity contribution is -0.257. The van der Waals surface area contributed by atoms with Gasteiger partial charge >= 0.3 is 0 Å². The van der Waals surface area contributed by atoms with E-state index in [0.717, 1.165) is 61.1 Å². The topological polar surface area (TPSA) is 105 Å². The highest BCUT2D eigenvalue weighted by molar-refractivity contribution is 5.78. The Hall–Kier alpha value is -3.32. The van der Waals surface area contributed by atoms with Crippen molar-refractivity contribution in [2.75, 3.05) is 60.7 Å². The lowest BCUT2D eigenvalue weighted by atomic mass is 9.95. The third-order valence-corrected chi connectivity index (χ3v) is 8.23. The lowest BCUT2D eigenvalue weighted by Crippen LogP contribution is -2.76. The Kier molecular flexibility index (Phi) is 9.88. The maximum Gasteiger partial charge on any atom is 0.227 e. The predicted octanol–water partition coefficient (Wildman–Crippen LogP) is 1.50. The number of hydrogen-bond donors (Lipinski definition) is 3. The minimum atomic E-state index is -0.769. The van der Waals surface area contributed by atoms with Gasteiger partial charge in [-0.3, -0.25) is 19.9 Å². The number of para-hydroxylation sites is 1. The average Bonchev–Trinajstić information content (AvgIpc) is 3.40. The summed E-state index contributed by atoms with van der Waals surface area (Å²) in [7, 11) is 5.12. The van der Waals surface area contributed by atoms with Gasteiger partial charge in [-0.2, -0.15) is 5.10 Å². The summed E-state index contributed by atoms with van der Waals surface area (Å²) in [5.74, 6) is 0.754. The summed E-state index contributed by atoms with van der Waals surface area (Å²) < 4.78 is 19.6. The Morgan fingerprint density at radius 2 is 1.86 bits per heavy atom. The Bertz CT molecular complexity index is 1300. The van der Waals surface area contributed by atoms with Gasteiger partial charge in [0.05, 0.1) is 37.7 Å². The fraction of sp³-hybridized carbons (Fsp3) is 0.484. The quantitative estimate of drug-likeness (QED) is 0.313. The van der Waals surface area contributed by atoms with Crippen molar-refractivity contribution in [1.29, 1.82) is 0 Å². The second-order valence-electron chi connectivity index (χ2n) is 10.8. The van der Waals surface area contributed by atoms with E-state index in [2.05, 4.69) is 43.0 Å². The first-order chi connectivity index (χ1) is 20.5. The molecule has 1 aromatic heterocycles. The number of methoxy groups -OCH3 is 3. The molecule has 3 aromatic rings. The highest BCUT2D eigenvalue weighted by Gasteiger charge is 2.51. The van der Waals surface area contributed by atoms with Gasteiger partial charge in [0.1, 0.15) is 5.75 Å². The van der Waals surface area contributed by atoms with E-state index in [1.54, 1.807) is 21.3 Å². The van der Waals surface area contributed by atoms with Crippen LogP contribution in [0.5, 0.6) is 5.75 Å². The average molecular weight is 578 g/mol. The van der Waals surface area contributed by atoms with Crippen molar-refractivity contribution < 1.29 is 19.0 Å². The molecule has 0 bridgehead atoms. The number of amides is 1. The van der Waals surface area contributed by atoms with Gasteiger partial charge in [-0.05, 0) is 42.8 Å². The third kappa shape index (κ3) is 6.51. The van der Waals surface area contributed by atoms with Crippen LogP contribution in [-0.4, -0.2) is 104 Å². The molecule has 0 aliphatic carbocycles. The van der Waals surface area contributed by atoms with Gasteiger partial charge < -0.3 is 24.8 Å². The molecular weight excluding hydrogens is 534 g/mol. The van der Waals surface area contributed by atoms with Gasteiger partial charge in [-0.15, -0.1) is 0 Å². The second-order valence-corrected chi connectivity index (χ2v) is 10.8. The number of hydrogen-bond acceptors (Lipinski definition) is 9. The van der Waals surface area contributed by atoms with Crippen LogP contribution in [0.25, 0.3) is 5.69 Å². The van der Waals surface area contributed by atoms with E-state index in [1.165, 1.54) is 0 Å². The van der Waals surface area contributed by atoms with Crippen LogP contribution in [0.3, 0.4) is 0 Å². The van der Waals surface area contributed by atoms with E-state index in [4.69, 9.17) is 14.2 Å². The first kappa shape index (κ1) is 30.1. The number of piperazine rings is 2. The van der Waals surface area contributed by atoms with Gasteiger partial charge in [0, 0.05) is 59.1 Å². The van der Waals surface area contributed by atoms with Crippen molar-refractivity contribution in [3.63, 3.8) is 0 Å². The molecule has 0 radical (unpaired) electrons. The van der Waals surface area contributed by atoms with Gasteiger partial charge in [0.2, 0.25) is 5.91 Å². The van der Waals surface area contributed by atoms with Gasteiger partial charge in [0.25, 0.3) is 0 Å². The molecule has 2 aliphatic heterocycles. The zero-order valence-corrected chi connectivity index (χ0v) is 25.0. The molecule has 0 spiro atoms. The molecule has 2 aromatic carbocycles. The van der Waals surface area contributed by atoms with Crippen molar-refractivity contribution >= 4 is 5.91 Å². The van der Waals surface area contributed by atoms with Gasteiger partial charge in [0.15, 0.2) is 12.0 Å². The fourth-order valence-corrected chi connectivity index (χ4v) is 6.11. The van der Waals surface area contributed by atoms with Crippen LogP contribution >= 0.6 is 0 Å². The normalized spacial score (nSPS) is 23.5. The highest BCUT2D eigenvalue weighted by atomic mass is 16.6. The van der Waals surface area contributed by atoms with Crippen LogP contribution in [0.1, 0.15) is 17.0 Å². The summed E-state index contributed by atoms with van der Waals surface area (Å²) in [6.07, 6.45) is 0.464. The van der Waals surface area contributed by atoms with Gasteiger partial charge in [-0.1, -0.05) is 30.3 Å². The van der Waals surface area contributed by atoms with Crippen molar-refractivity contribution in [2.24, 2.45) is 0 Å². The largest absolute Gasteiger partial charge is 0.497 e. The molecule has 42 heavy (non-hydrogen) atoms.